The first-order chi connectivity index (χ1) is 14.4. The lowest BCUT2D eigenvalue weighted by Gasteiger charge is -2.27. The number of esters is 1. The average Bonchev–Trinajstić information content (AvgIpc) is 3.05. The molecule has 3 aromatic carbocycles. The zero-order valence-electron chi connectivity index (χ0n) is 16.0. The Morgan fingerprint density at radius 3 is 2.00 bits per heavy atom. The normalized spacial score (nSPS) is 14.5. The highest BCUT2D eigenvalue weighted by Gasteiger charge is 2.41. The molecule has 6 heteroatoms. The Morgan fingerprint density at radius 1 is 0.933 bits per heavy atom. The van der Waals surface area contributed by atoms with E-state index in [1.807, 2.05) is 48.5 Å². The Morgan fingerprint density at radius 2 is 1.47 bits per heavy atom. The maximum absolute atomic E-state index is 13.3. The quantitative estimate of drug-likeness (QED) is 0.609. The van der Waals surface area contributed by atoms with Crippen molar-refractivity contribution in [3.63, 3.8) is 0 Å². The van der Waals surface area contributed by atoms with E-state index in [4.69, 9.17) is 10.5 Å². The van der Waals surface area contributed by atoms with Crippen LogP contribution in [0.4, 0.5) is 4.39 Å². The van der Waals surface area contributed by atoms with E-state index in [9.17, 15) is 19.1 Å². The summed E-state index contributed by atoms with van der Waals surface area (Å²) >= 11 is 0. The smallest absolute Gasteiger partial charge is 0.331 e. The van der Waals surface area contributed by atoms with Gasteiger partial charge in [0.25, 0.3) is 0 Å². The molecule has 0 aromatic heterocycles. The summed E-state index contributed by atoms with van der Waals surface area (Å²) in [5.74, 6) is -2.80. The van der Waals surface area contributed by atoms with Crippen LogP contribution in [-0.4, -0.2) is 23.7 Å². The number of carboxylic acid groups (broad SMARTS) is 1. The second-order valence-electron chi connectivity index (χ2n) is 7.37. The Hall–Kier alpha value is -3.51. The first-order valence-corrected chi connectivity index (χ1v) is 9.52. The zero-order chi connectivity index (χ0) is 21.3. The lowest BCUT2D eigenvalue weighted by atomic mass is 9.87. The van der Waals surface area contributed by atoms with Crippen LogP contribution in [0.3, 0.4) is 0 Å². The third-order valence-corrected chi connectivity index (χ3v) is 5.50. The van der Waals surface area contributed by atoms with Crippen LogP contribution in [0.25, 0.3) is 11.1 Å². The number of carboxylic acids is 1. The van der Waals surface area contributed by atoms with E-state index in [0.29, 0.717) is 0 Å². The van der Waals surface area contributed by atoms with Gasteiger partial charge >= 0.3 is 11.9 Å². The van der Waals surface area contributed by atoms with Gasteiger partial charge in [-0.05, 0) is 39.9 Å². The number of nitrogens with two attached hydrogens (primary N) is 1. The van der Waals surface area contributed by atoms with E-state index in [-0.39, 0.29) is 18.1 Å². The maximum Gasteiger partial charge on any atom is 0.331 e. The van der Waals surface area contributed by atoms with Crippen molar-refractivity contribution in [3.8, 4) is 11.1 Å². The fraction of sp³-hybridized carbons (Fsp3) is 0.167. The molecule has 0 heterocycles. The van der Waals surface area contributed by atoms with Gasteiger partial charge in [0.1, 0.15) is 12.4 Å². The molecule has 1 aliphatic carbocycles. The van der Waals surface area contributed by atoms with E-state index in [1.54, 1.807) is 0 Å². The lowest BCUT2D eigenvalue weighted by Crippen LogP contribution is -2.48. The molecule has 3 aromatic rings. The van der Waals surface area contributed by atoms with Crippen molar-refractivity contribution in [2.24, 2.45) is 5.73 Å². The van der Waals surface area contributed by atoms with Crippen LogP contribution in [0.1, 0.15) is 29.0 Å². The molecule has 0 unspecified atom stereocenters. The molecule has 5 nitrogen and oxygen atoms in total. The van der Waals surface area contributed by atoms with Crippen molar-refractivity contribution in [1.82, 2.24) is 0 Å². The lowest BCUT2D eigenvalue weighted by molar-refractivity contribution is -0.155. The van der Waals surface area contributed by atoms with Gasteiger partial charge in [0.15, 0.2) is 5.54 Å². The van der Waals surface area contributed by atoms with Crippen molar-refractivity contribution >= 4 is 11.9 Å². The average molecular weight is 405 g/mol. The molecule has 152 valence electrons. The summed E-state index contributed by atoms with van der Waals surface area (Å²) in [5.41, 5.74) is 8.71. The first kappa shape index (κ1) is 19.8. The van der Waals surface area contributed by atoms with Crippen molar-refractivity contribution in [1.29, 1.82) is 0 Å². The SMILES string of the molecule is N[C@](CC(=O)O)(C(=O)OCC1c2ccccc2-c2ccccc21)c1ccc(F)cc1. The molecule has 4 rings (SSSR count). The van der Waals surface area contributed by atoms with Gasteiger partial charge in [0, 0.05) is 5.92 Å². The van der Waals surface area contributed by atoms with Gasteiger partial charge in [0.05, 0.1) is 6.42 Å². The molecule has 0 radical (unpaired) electrons. The molecule has 1 aliphatic rings. The summed E-state index contributed by atoms with van der Waals surface area (Å²) in [7, 11) is 0. The fourth-order valence-corrected chi connectivity index (χ4v) is 4.01. The molecule has 0 bridgehead atoms. The minimum Gasteiger partial charge on any atom is -0.481 e. The largest absolute Gasteiger partial charge is 0.481 e. The molecule has 0 aliphatic heterocycles. The molecule has 3 N–H and O–H groups in total. The predicted octanol–water partition coefficient (Wildman–Crippen LogP) is 3.81. The topological polar surface area (TPSA) is 89.6 Å². The Kier molecular flexibility index (Phi) is 5.10. The van der Waals surface area contributed by atoms with Crippen molar-refractivity contribution in [3.05, 3.63) is 95.3 Å². The third kappa shape index (κ3) is 3.46. The summed E-state index contributed by atoms with van der Waals surface area (Å²) in [6.07, 6.45) is -0.671. The fourth-order valence-electron chi connectivity index (χ4n) is 4.01. The van der Waals surface area contributed by atoms with Gasteiger partial charge in [-0.25, -0.2) is 9.18 Å². The molecular weight excluding hydrogens is 385 g/mol. The van der Waals surface area contributed by atoms with Gasteiger partial charge in [0.2, 0.25) is 0 Å². The minimum atomic E-state index is -1.92. The number of aliphatic carboxylic acids is 1. The van der Waals surface area contributed by atoms with E-state index >= 15 is 0 Å². The zero-order valence-corrected chi connectivity index (χ0v) is 16.0. The molecular formula is C24H20FNO4. The number of hydrogen-bond donors (Lipinski definition) is 2. The van der Waals surface area contributed by atoms with Gasteiger partial charge in [-0.2, -0.15) is 0 Å². The molecule has 0 saturated heterocycles. The highest BCUT2D eigenvalue weighted by Crippen LogP contribution is 2.44. The van der Waals surface area contributed by atoms with Crippen LogP contribution < -0.4 is 5.73 Å². The van der Waals surface area contributed by atoms with Gasteiger partial charge < -0.3 is 15.6 Å². The number of ether oxygens (including phenoxy) is 1. The summed E-state index contributed by atoms with van der Waals surface area (Å²) in [4.78, 5) is 24.3. The Bertz CT molecular complexity index is 1070. The molecule has 0 spiro atoms. The van der Waals surface area contributed by atoms with Crippen LogP contribution in [0.2, 0.25) is 0 Å². The van der Waals surface area contributed by atoms with Crippen LogP contribution in [0.15, 0.2) is 72.8 Å². The van der Waals surface area contributed by atoms with Crippen LogP contribution >= 0.6 is 0 Å². The molecule has 0 amide bonds. The van der Waals surface area contributed by atoms with Gasteiger partial charge in [-0.1, -0.05) is 60.7 Å². The summed E-state index contributed by atoms with van der Waals surface area (Å²) in [6.45, 7) is 0.0205. The molecule has 0 saturated carbocycles. The highest BCUT2D eigenvalue weighted by atomic mass is 19.1. The minimum absolute atomic E-state index is 0.0205. The van der Waals surface area contributed by atoms with E-state index in [1.165, 1.54) is 12.1 Å². The molecule has 30 heavy (non-hydrogen) atoms. The van der Waals surface area contributed by atoms with E-state index < -0.39 is 29.7 Å². The summed E-state index contributed by atoms with van der Waals surface area (Å²) in [5, 5.41) is 9.29. The number of rotatable bonds is 6. The summed E-state index contributed by atoms with van der Waals surface area (Å²) < 4.78 is 18.9. The monoisotopic (exact) mass is 405 g/mol. The number of benzene rings is 3. The number of halogens is 1. The number of carbonyl (C=O) groups is 2. The first-order valence-electron chi connectivity index (χ1n) is 9.52. The Balaban J connectivity index is 1.61. The van der Waals surface area contributed by atoms with Crippen molar-refractivity contribution < 1.29 is 23.8 Å². The van der Waals surface area contributed by atoms with Gasteiger partial charge in [-0.3, -0.25) is 4.79 Å². The van der Waals surface area contributed by atoms with E-state index in [2.05, 4.69) is 0 Å². The second kappa shape index (κ2) is 7.72. The standard InChI is InChI=1S/C24H20FNO4/c25-16-11-9-15(10-12-16)24(26,13-22(27)28)23(29)30-14-21-19-7-3-1-5-17(19)18-6-2-4-8-20(18)21/h1-12,21H,13-14,26H2,(H,27,28)/t24-/m0/s1. The van der Waals surface area contributed by atoms with Crippen LogP contribution in [0, 0.1) is 5.82 Å². The number of fused-ring (bicyclic) bond motifs is 3. The van der Waals surface area contributed by atoms with Crippen LogP contribution in [0.5, 0.6) is 0 Å². The van der Waals surface area contributed by atoms with Crippen molar-refractivity contribution in [2.75, 3.05) is 6.61 Å². The number of hydrogen-bond acceptors (Lipinski definition) is 4. The highest BCUT2D eigenvalue weighted by molar-refractivity contribution is 5.88. The van der Waals surface area contributed by atoms with Crippen LogP contribution in [-0.2, 0) is 19.9 Å². The third-order valence-electron chi connectivity index (χ3n) is 5.50. The second-order valence-corrected chi connectivity index (χ2v) is 7.37. The van der Waals surface area contributed by atoms with Gasteiger partial charge in [-0.15, -0.1) is 0 Å². The molecule has 0 fully saturated rings. The van der Waals surface area contributed by atoms with E-state index in [0.717, 1.165) is 34.4 Å². The van der Waals surface area contributed by atoms with Crippen molar-refractivity contribution in [2.45, 2.75) is 17.9 Å². The molecule has 1 atom stereocenters. The predicted molar refractivity (Wildman–Crippen MR) is 109 cm³/mol. The summed E-state index contributed by atoms with van der Waals surface area (Å²) in [6, 6.07) is 20.7. The Labute approximate surface area is 172 Å². The maximum atomic E-state index is 13.3. The number of carbonyl (C=O) groups excluding carboxylic acids is 1.